The lowest BCUT2D eigenvalue weighted by Crippen LogP contribution is -2.66. The molecular weight excluding hydrogens is 300 g/mol. The van der Waals surface area contributed by atoms with Crippen LogP contribution in [-0.2, 0) is 9.16 Å². The predicted octanol–water partition coefficient (Wildman–Crippen LogP) is 3.35. The van der Waals surface area contributed by atoms with E-state index in [1.54, 1.807) is 0 Å². The Morgan fingerprint density at radius 3 is 1.70 bits per heavy atom. The van der Waals surface area contributed by atoms with Crippen molar-refractivity contribution in [1.29, 1.82) is 0 Å². The molecule has 3 rings (SSSR count). The van der Waals surface area contributed by atoms with E-state index in [9.17, 15) is 0 Å². The normalized spacial score (nSPS) is 21.2. The summed E-state index contributed by atoms with van der Waals surface area (Å²) in [7, 11) is -2.38. The van der Waals surface area contributed by atoms with Crippen LogP contribution in [0.3, 0.4) is 0 Å². The lowest BCUT2D eigenvalue weighted by Gasteiger charge is -2.43. The lowest BCUT2D eigenvalue weighted by atomic mass is 10.2. The van der Waals surface area contributed by atoms with Crippen molar-refractivity contribution < 1.29 is 9.16 Å². The Morgan fingerprint density at radius 1 is 0.913 bits per heavy atom. The van der Waals surface area contributed by atoms with Gasteiger partial charge in [-0.1, -0.05) is 81.4 Å². The van der Waals surface area contributed by atoms with Gasteiger partial charge in [-0.2, -0.15) is 0 Å². The first kappa shape index (κ1) is 16.4. The summed E-state index contributed by atoms with van der Waals surface area (Å²) in [5, 5.41) is 2.69. The van der Waals surface area contributed by atoms with Gasteiger partial charge in [-0.15, -0.1) is 0 Å². The van der Waals surface area contributed by atoms with E-state index >= 15 is 0 Å². The summed E-state index contributed by atoms with van der Waals surface area (Å²) >= 11 is 0. The van der Waals surface area contributed by atoms with Gasteiger partial charge in [0.05, 0.1) is 12.7 Å². The summed E-state index contributed by atoms with van der Waals surface area (Å²) in [4.78, 5) is 0. The van der Waals surface area contributed by atoms with Gasteiger partial charge in [0.1, 0.15) is 6.10 Å². The van der Waals surface area contributed by atoms with Crippen LogP contribution in [0.4, 0.5) is 0 Å². The van der Waals surface area contributed by atoms with E-state index in [1.807, 2.05) is 0 Å². The zero-order chi connectivity index (χ0) is 16.5. The maximum Gasteiger partial charge on any atom is 0.261 e. The number of ether oxygens (including phenoxy) is 1. The van der Waals surface area contributed by atoms with E-state index in [1.165, 1.54) is 10.4 Å². The Balaban J connectivity index is 2.09. The molecule has 0 spiro atoms. The molecule has 2 aromatic carbocycles. The Labute approximate surface area is 140 Å². The van der Waals surface area contributed by atoms with Crippen LogP contribution in [0, 0.1) is 0 Å². The third-order valence-electron chi connectivity index (χ3n) is 4.72. The number of hydrogen-bond donors (Lipinski definition) is 0. The van der Waals surface area contributed by atoms with Gasteiger partial charge in [0.25, 0.3) is 8.32 Å². The van der Waals surface area contributed by atoms with Crippen LogP contribution < -0.4 is 10.4 Å². The summed E-state index contributed by atoms with van der Waals surface area (Å²) in [5.41, 5.74) is 0. The second-order valence-corrected chi connectivity index (χ2v) is 11.7. The molecular formula is C20H26O2Si. The molecule has 0 aliphatic carbocycles. The second-order valence-electron chi connectivity index (χ2n) is 7.35. The third kappa shape index (κ3) is 3.14. The van der Waals surface area contributed by atoms with Gasteiger partial charge in [-0.3, -0.25) is 0 Å². The molecule has 0 bridgehead atoms. The molecule has 0 saturated carbocycles. The summed E-state index contributed by atoms with van der Waals surface area (Å²) in [5.74, 6) is 0. The monoisotopic (exact) mass is 326 g/mol. The minimum atomic E-state index is -2.38. The van der Waals surface area contributed by atoms with Gasteiger partial charge in [-0.05, 0) is 22.3 Å². The van der Waals surface area contributed by atoms with Crippen molar-refractivity contribution in [3.63, 3.8) is 0 Å². The van der Waals surface area contributed by atoms with Crippen molar-refractivity contribution in [3.05, 3.63) is 60.7 Å². The first-order valence-electron chi connectivity index (χ1n) is 8.35. The van der Waals surface area contributed by atoms with Gasteiger partial charge < -0.3 is 9.16 Å². The highest BCUT2D eigenvalue weighted by atomic mass is 28.4. The molecule has 23 heavy (non-hydrogen) atoms. The molecule has 1 fully saturated rings. The summed E-state index contributed by atoms with van der Waals surface area (Å²) in [6.07, 6.45) is 0.574. The average molecular weight is 327 g/mol. The van der Waals surface area contributed by atoms with Crippen LogP contribution in [0.5, 0.6) is 0 Å². The molecule has 1 saturated heterocycles. The van der Waals surface area contributed by atoms with Crippen LogP contribution in [0.1, 0.15) is 27.7 Å². The molecule has 0 N–H and O–H groups in total. The van der Waals surface area contributed by atoms with Gasteiger partial charge in [0.15, 0.2) is 0 Å². The summed E-state index contributed by atoms with van der Waals surface area (Å²) in [6, 6.07) is 21.5. The fourth-order valence-corrected chi connectivity index (χ4v) is 7.94. The molecule has 0 aromatic heterocycles. The molecule has 122 valence electrons. The summed E-state index contributed by atoms with van der Waals surface area (Å²) < 4.78 is 12.4. The highest BCUT2D eigenvalue weighted by molar-refractivity contribution is 6.99. The molecule has 0 radical (unpaired) electrons. The van der Waals surface area contributed by atoms with E-state index < -0.39 is 8.32 Å². The first-order chi connectivity index (χ1) is 10.9. The van der Waals surface area contributed by atoms with E-state index in [2.05, 4.69) is 88.4 Å². The minimum absolute atomic E-state index is 0.0356. The number of rotatable bonds is 5. The van der Waals surface area contributed by atoms with Crippen LogP contribution in [-0.4, -0.2) is 27.1 Å². The van der Waals surface area contributed by atoms with Crippen LogP contribution >= 0.6 is 0 Å². The van der Waals surface area contributed by atoms with Crippen LogP contribution in [0.2, 0.25) is 5.04 Å². The molecule has 2 nitrogen and oxygen atoms in total. The molecule has 2 unspecified atom stereocenters. The van der Waals surface area contributed by atoms with Crippen molar-refractivity contribution in [2.75, 3.05) is 6.61 Å². The van der Waals surface area contributed by atoms with E-state index in [4.69, 9.17) is 9.16 Å². The highest BCUT2D eigenvalue weighted by Crippen LogP contribution is 2.37. The Kier molecular flexibility index (Phi) is 4.45. The smallest absolute Gasteiger partial charge is 0.261 e. The number of benzene rings is 2. The van der Waals surface area contributed by atoms with Crippen LogP contribution in [0.15, 0.2) is 60.7 Å². The van der Waals surface area contributed by atoms with Crippen molar-refractivity contribution in [1.82, 2.24) is 0 Å². The first-order valence-corrected chi connectivity index (χ1v) is 10.3. The Morgan fingerprint density at radius 2 is 1.35 bits per heavy atom. The van der Waals surface area contributed by atoms with E-state index in [0.29, 0.717) is 12.7 Å². The minimum Gasteiger partial charge on any atom is -0.405 e. The lowest BCUT2D eigenvalue weighted by molar-refractivity contribution is 0.248. The summed E-state index contributed by atoms with van der Waals surface area (Å²) in [6.45, 7) is 9.69. The SMILES string of the molecule is CC1OC1CO[Si](c1ccccc1)(c1ccccc1)C(C)(C)C. The average Bonchev–Trinajstić information content (AvgIpc) is 3.24. The molecule has 3 heteroatoms. The molecule has 0 amide bonds. The number of hydrogen-bond acceptors (Lipinski definition) is 2. The highest BCUT2D eigenvalue weighted by Gasteiger charge is 2.51. The molecule has 2 aromatic rings. The van der Waals surface area contributed by atoms with Crippen molar-refractivity contribution in [2.24, 2.45) is 0 Å². The molecule has 2 atom stereocenters. The van der Waals surface area contributed by atoms with Crippen molar-refractivity contribution >= 4 is 18.7 Å². The maximum atomic E-state index is 6.77. The van der Waals surface area contributed by atoms with E-state index in [-0.39, 0.29) is 11.1 Å². The second kappa shape index (κ2) is 6.23. The van der Waals surface area contributed by atoms with Crippen molar-refractivity contribution in [2.45, 2.75) is 44.9 Å². The maximum absolute atomic E-state index is 6.77. The predicted molar refractivity (Wildman–Crippen MR) is 97.9 cm³/mol. The van der Waals surface area contributed by atoms with Gasteiger partial charge in [-0.25, -0.2) is 0 Å². The third-order valence-corrected chi connectivity index (χ3v) is 9.72. The molecule has 1 heterocycles. The fourth-order valence-electron chi connectivity index (χ4n) is 3.37. The number of epoxide rings is 1. The molecule has 1 aliphatic rings. The van der Waals surface area contributed by atoms with Gasteiger partial charge in [0, 0.05) is 0 Å². The fraction of sp³-hybridized carbons (Fsp3) is 0.400. The largest absolute Gasteiger partial charge is 0.405 e. The standard InChI is InChI=1S/C20H26O2Si/c1-16-19(22-16)15-21-23(20(2,3)4,17-11-7-5-8-12-17)18-13-9-6-10-14-18/h5-14,16,19H,15H2,1-4H3. The van der Waals surface area contributed by atoms with Gasteiger partial charge in [0.2, 0.25) is 0 Å². The van der Waals surface area contributed by atoms with Crippen molar-refractivity contribution in [3.8, 4) is 0 Å². The molecule has 1 aliphatic heterocycles. The van der Waals surface area contributed by atoms with E-state index in [0.717, 1.165) is 0 Å². The quantitative estimate of drug-likeness (QED) is 0.621. The Bertz CT molecular complexity index is 594. The van der Waals surface area contributed by atoms with Crippen LogP contribution in [0.25, 0.3) is 0 Å². The van der Waals surface area contributed by atoms with Gasteiger partial charge >= 0.3 is 0 Å². The zero-order valence-corrected chi connectivity index (χ0v) is 15.5. The zero-order valence-electron chi connectivity index (χ0n) is 14.5. The topological polar surface area (TPSA) is 21.8 Å². The Hall–Kier alpha value is -1.42.